The second kappa shape index (κ2) is 8.84. The Bertz CT molecular complexity index is 1090. The van der Waals surface area contributed by atoms with Crippen molar-refractivity contribution in [3.8, 4) is 11.4 Å². The van der Waals surface area contributed by atoms with Crippen molar-refractivity contribution >= 4 is 5.91 Å². The molecule has 0 N–H and O–H groups in total. The standard InChI is InChI=1S/C26H31F3N4O2/c27-26(28,29)35-21-5-3-4-20(16-21)33-24(18-8-9-18)22(23(30-33)17-6-7-17)25(34)32-14-10-19(11-15-32)31-12-1-2-13-31/h3-5,16-19H,1-2,6-15H2. The van der Waals surface area contributed by atoms with Gasteiger partial charge in [0.05, 0.1) is 22.6 Å². The minimum Gasteiger partial charge on any atom is -0.406 e. The van der Waals surface area contributed by atoms with Crippen LogP contribution in [0.1, 0.15) is 84.9 Å². The first-order chi connectivity index (χ1) is 16.9. The molecule has 0 radical (unpaired) electrons. The van der Waals surface area contributed by atoms with E-state index < -0.39 is 6.36 Å². The Balaban J connectivity index is 1.31. The Morgan fingerprint density at radius 1 is 0.943 bits per heavy atom. The summed E-state index contributed by atoms with van der Waals surface area (Å²) in [5, 5.41) is 4.86. The van der Waals surface area contributed by atoms with E-state index in [1.165, 1.54) is 44.1 Å². The predicted molar refractivity (Wildman–Crippen MR) is 124 cm³/mol. The number of aromatic nitrogens is 2. The average molecular weight is 489 g/mol. The van der Waals surface area contributed by atoms with Gasteiger partial charge >= 0.3 is 6.36 Å². The molecule has 35 heavy (non-hydrogen) atoms. The van der Waals surface area contributed by atoms with Gasteiger partial charge in [0.15, 0.2) is 0 Å². The molecule has 4 aliphatic rings. The zero-order valence-electron chi connectivity index (χ0n) is 19.8. The van der Waals surface area contributed by atoms with Crippen LogP contribution in [0, 0.1) is 0 Å². The number of hydrogen-bond acceptors (Lipinski definition) is 4. The highest BCUT2D eigenvalue weighted by Crippen LogP contribution is 2.48. The molecule has 3 heterocycles. The van der Waals surface area contributed by atoms with Crippen LogP contribution in [0.5, 0.6) is 5.75 Å². The van der Waals surface area contributed by atoms with Gasteiger partial charge < -0.3 is 14.5 Å². The molecular formula is C26H31F3N4O2. The Morgan fingerprint density at radius 2 is 1.63 bits per heavy atom. The highest BCUT2D eigenvalue weighted by Gasteiger charge is 2.42. The highest BCUT2D eigenvalue weighted by atomic mass is 19.4. The summed E-state index contributed by atoms with van der Waals surface area (Å²) < 4.78 is 44.3. The number of ether oxygens (including phenoxy) is 1. The number of amides is 1. The van der Waals surface area contributed by atoms with Gasteiger partial charge in [-0.3, -0.25) is 4.79 Å². The number of rotatable bonds is 6. The van der Waals surface area contributed by atoms with E-state index in [0.29, 0.717) is 17.3 Å². The molecule has 4 fully saturated rings. The molecule has 2 saturated carbocycles. The van der Waals surface area contributed by atoms with Crippen LogP contribution >= 0.6 is 0 Å². The van der Waals surface area contributed by atoms with Crippen molar-refractivity contribution in [1.29, 1.82) is 0 Å². The maximum atomic E-state index is 13.9. The van der Waals surface area contributed by atoms with Crippen LogP contribution in [0.25, 0.3) is 5.69 Å². The molecule has 188 valence electrons. The number of halogens is 3. The molecular weight excluding hydrogens is 457 g/mol. The predicted octanol–water partition coefficient (Wildman–Crippen LogP) is 5.23. The van der Waals surface area contributed by atoms with Crippen molar-refractivity contribution in [3.63, 3.8) is 0 Å². The van der Waals surface area contributed by atoms with Crippen molar-refractivity contribution in [2.75, 3.05) is 26.2 Å². The highest BCUT2D eigenvalue weighted by molar-refractivity contribution is 5.97. The van der Waals surface area contributed by atoms with Crippen LogP contribution in [0.2, 0.25) is 0 Å². The number of likely N-dealkylation sites (tertiary alicyclic amines) is 2. The Hall–Kier alpha value is -2.55. The normalized spacial score (nSPS) is 22.1. The van der Waals surface area contributed by atoms with Crippen LogP contribution in [-0.2, 0) is 0 Å². The summed E-state index contributed by atoms with van der Waals surface area (Å²) in [6.45, 7) is 3.82. The molecule has 1 aromatic heterocycles. The minimum atomic E-state index is -4.76. The molecule has 2 aliphatic carbocycles. The summed E-state index contributed by atoms with van der Waals surface area (Å²) in [6, 6.07) is 6.48. The van der Waals surface area contributed by atoms with Gasteiger partial charge in [-0.25, -0.2) is 4.68 Å². The summed E-state index contributed by atoms with van der Waals surface area (Å²) >= 11 is 0. The van der Waals surface area contributed by atoms with E-state index in [4.69, 9.17) is 5.10 Å². The second-order valence-electron chi connectivity index (χ2n) is 10.4. The van der Waals surface area contributed by atoms with E-state index in [0.717, 1.165) is 63.0 Å². The lowest BCUT2D eigenvalue weighted by molar-refractivity contribution is -0.274. The van der Waals surface area contributed by atoms with Gasteiger partial charge in [0.1, 0.15) is 5.75 Å². The van der Waals surface area contributed by atoms with E-state index in [9.17, 15) is 18.0 Å². The monoisotopic (exact) mass is 488 g/mol. The zero-order chi connectivity index (χ0) is 24.2. The van der Waals surface area contributed by atoms with Gasteiger partial charge in [-0.1, -0.05) is 6.07 Å². The summed E-state index contributed by atoms with van der Waals surface area (Å²) in [5.74, 6) is 0.229. The van der Waals surface area contributed by atoms with Crippen LogP contribution in [0.15, 0.2) is 24.3 Å². The fourth-order valence-corrected chi connectivity index (χ4v) is 5.75. The molecule has 1 aromatic carbocycles. The van der Waals surface area contributed by atoms with Gasteiger partial charge in [-0.15, -0.1) is 13.2 Å². The first-order valence-electron chi connectivity index (χ1n) is 12.9. The van der Waals surface area contributed by atoms with E-state index in [1.807, 2.05) is 4.90 Å². The lowest BCUT2D eigenvalue weighted by Gasteiger charge is -2.36. The number of alkyl halides is 3. The van der Waals surface area contributed by atoms with Crippen LogP contribution in [0.3, 0.4) is 0 Å². The number of piperidine rings is 1. The van der Waals surface area contributed by atoms with Crippen LogP contribution in [-0.4, -0.2) is 64.1 Å². The topological polar surface area (TPSA) is 50.6 Å². The van der Waals surface area contributed by atoms with E-state index in [2.05, 4.69) is 9.64 Å². The van der Waals surface area contributed by atoms with Crippen molar-refractivity contribution in [2.24, 2.45) is 0 Å². The van der Waals surface area contributed by atoms with Gasteiger partial charge in [0.2, 0.25) is 0 Å². The molecule has 2 aliphatic heterocycles. The summed E-state index contributed by atoms with van der Waals surface area (Å²) in [7, 11) is 0. The number of benzene rings is 1. The molecule has 6 rings (SSSR count). The SMILES string of the molecule is O=C(c1c(C2CC2)nn(-c2cccc(OC(F)(F)F)c2)c1C1CC1)N1CCC(N2CCCC2)CC1. The van der Waals surface area contributed by atoms with Crippen molar-refractivity contribution < 1.29 is 22.7 Å². The van der Waals surface area contributed by atoms with Gasteiger partial charge in [-0.2, -0.15) is 5.10 Å². The summed E-state index contributed by atoms with van der Waals surface area (Å²) in [5.41, 5.74) is 2.89. The molecule has 1 amide bonds. The molecule has 0 atom stereocenters. The van der Waals surface area contributed by atoms with Crippen LogP contribution in [0.4, 0.5) is 13.2 Å². The van der Waals surface area contributed by atoms with E-state index in [1.54, 1.807) is 10.7 Å². The third-order valence-corrected chi connectivity index (χ3v) is 7.79. The van der Waals surface area contributed by atoms with Crippen molar-refractivity contribution in [1.82, 2.24) is 19.6 Å². The lowest BCUT2D eigenvalue weighted by atomic mass is 10.00. The molecule has 2 saturated heterocycles. The third kappa shape index (κ3) is 4.79. The average Bonchev–Trinajstić information content (AvgIpc) is 3.77. The van der Waals surface area contributed by atoms with E-state index >= 15 is 0 Å². The molecule has 0 spiro atoms. The smallest absolute Gasteiger partial charge is 0.406 e. The van der Waals surface area contributed by atoms with Gasteiger partial charge in [-0.05, 0) is 76.6 Å². The molecule has 0 bridgehead atoms. The molecule has 0 unspecified atom stereocenters. The van der Waals surface area contributed by atoms with Crippen LogP contribution < -0.4 is 4.74 Å². The van der Waals surface area contributed by atoms with Gasteiger partial charge in [0, 0.05) is 37.0 Å². The number of hydrogen-bond donors (Lipinski definition) is 0. The largest absolute Gasteiger partial charge is 0.573 e. The fraction of sp³-hybridized carbons (Fsp3) is 0.615. The van der Waals surface area contributed by atoms with Crippen molar-refractivity contribution in [2.45, 2.75) is 75.6 Å². The number of carbonyl (C=O) groups excluding carboxylic acids is 1. The quantitative estimate of drug-likeness (QED) is 0.559. The fourth-order valence-electron chi connectivity index (χ4n) is 5.75. The Labute approximate surface area is 203 Å². The molecule has 2 aromatic rings. The maximum absolute atomic E-state index is 13.9. The minimum absolute atomic E-state index is 0.0441. The van der Waals surface area contributed by atoms with Gasteiger partial charge in [0.25, 0.3) is 5.91 Å². The number of carbonyl (C=O) groups is 1. The Kier molecular flexibility index (Phi) is 5.78. The first kappa shape index (κ1) is 22.9. The number of nitrogens with zero attached hydrogens (tertiary/aromatic N) is 4. The first-order valence-corrected chi connectivity index (χ1v) is 12.9. The molecule has 6 nitrogen and oxygen atoms in total. The summed E-state index contributed by atoms with van der Waals surface area (Å²) in [4.78, 5) is 18.5. The maximum Gasteiger partial charge on any atom is 0.573 e. The molecule has 9 heteroatoms. The Morgan fingerprint density at radius 3 is 2.26 bits per heavy atom. The van der Waals surface area contributed by atoms with E-state index in [-0.39, 0.29) is 23.5 Å². The summed E-state index contributed by atoms with van der Waals surface area (Å²) in [6.07, 6.45) is 3.68. The lowest BCUT2D eigenvalue weighted by Crippen LogP contribution is -2.46. The zero-order valence-corrected chi connectivity index (χ0v) is 19.8. The van der Waals surface area contributed by atoms with Crippen molar-refractivity contribution in [3.05, 3.63) is 41.2 Å². The second-order valence-corrected chi connectivity index (χ2v) is 10.4. The third-order valence-electron chi connectivity index (χ3n) is 7.79.